The fourth-order valence-corrected chi connectivity index (χ4v) is 5.66. The van der Waals surface area contributed by atoms with Crippen molar-refractivity contribution >= 4 is 41.3 Å². The molecule has 12 nitrogen and oxygen atoms in total. The van der Waals surface area contributed by atoms with Gasteiger partial charge in [0.25, 0.3) is 0 Å². The fourth-order valence-electron chi connectivity index (χ4n) is 5.38. The zero-order valence-corrected chi connectivity index (χ0v) is 29.3. The highest BCUT2D eigenvalue weighted by Crippen LogP contribution is 2.45. The van der Waals surface area contributed by atoms with Crippen molar-refractivity contribution in [2.45, 2.75) is 70.5 Å². The average molecular weight is 711 g/mol. The summed E-state index contributed by atoms with van der Waals surface area (Å²) in [7, 11) is 1.48. The van der Waals surface area contributed by atoms with Gasteiger partial charge in [-0.15, -0.1) is 0 Å². The summed E-state index contributed by atoms with van der Waals surface area (Å²) < 4.78 is 27.8. The van der Waals surface area contributed by atoms with Gasteiger partial charge in [0.1, 0.15) is 30.6 Å². The predicted molar refractivity (Wildman–Crippen MR) is 183 cm³/mol. The molecule has 0 aromatic heterocycles. The van der Waals surface area contributed by atoms with E-state index in [0.29, 0.717) is 16.3 Å². The first kappa shape index (κ1) is 38.1. The van der Waals surface area contributed by atoms with Crippen LogP contribution in [-0.2, 0) is 49.3 Å². The molecular formula is C37H43ClN2O10. The van der Waals surface area contributed by atoms with Gasteiger partial charge >= 0.3 is 17.9 Å². The highest BCUT2D eigenvalue weighted by Gasteiger charge is 2.48. The van der Waals surface area contributed by atoms with Crippen molar-refractivity contribution < 1.29 is 47.7 Å². The zero-order valence-electron chi connectivity index (χ0n) is 28.5. The highest BCUT2D eigenvalue weighted by molar-refractivity contribution is 6.32. The van der Waals surface area contributed by atoms with Crippen molar-refractivity contribution in [2.24, 2.45) is 11.3 Å². The van der Waals surface area contributed by atoms with Crippen LogP contribution in [0.15, 0.2) is 73.3 Å². The Bertz CT molecular complexity index is 1590. The topological polar surface area (TPSA) is 159 Å². The van der Waals surface area contributed by atoms with Gasteiger partial charge in [-0.05, 0) is 43.2 Å². The number of hydrogen-bond acceptors (Lipinski definition) is 10. The largest absolute Gasteiger partial charge is 0.495 e. The monoisotopic (exact) mass is 710 g/mol. The van der Waals surface area contributed by atoms with Crippen molar-refractivity contribution in [3.8, 4) is 5.75 Å². The third-order valence-corrected chi connectivity index (χ3v) is 8.73. The number of carbonyl (C=O) groups excluding carboxylic acids is 5. The second-order valence-corrected chi connectivity index (χ2v) is 13.2. The van der Waals surface area contributed by atoms with Crippen LogP contribution < -0.4 is 15.4 Å². The molecule has 0 unspecified atom stereocenters. The molecule has 0 spiro atoms. The van der Waals surface area contributed by atoms with Gasteiger partial charge in [0.05, 0.1) is 30.1 Å². The lowest BCUT2D eigenvalue weighted by atomic mass is 9.93. The molecule has 2 aromatic carbocycles. The summed E-state index contributed by atoms with van der Waals surface area (Å²) in [6, 6.07) is 13.5. The Kier molecular flexibility index (Phi) is 13.2. The standard InChI is InChI=1S/C37H43ClN2O10/c1-6-17-47-31(42)20-29-35(44)48-27(22(2)32-33(50-32)24-11-8-7-9-12-24)13-10-14-30(41)40-26(19-23-15-16-28(46-5)25(38)18-23)34(43)39-21-37(3,4)36(45)49-29/h6-12,14-16,18,22,26-27,29,32-33H,1,13,17,19-21H2,2-5H3,(H,39,43)(H,40,41)/b14-10+/t22-,26+,27-,29-,32+,33+/m0/s1. The van der Waals surface area contributed by atoms with Gasteiger partial charge in [-0.25, -0.2) is 4.79 Å². The van der Waals surface area contributed by atoms with Crippen LogP contribution in [-0.4, -0.2) is 74.3 Å². The number of esters is 3. The molecule has 0 aliphatic carbocycles. The number of epoxide rings is 1. The van der Waals surface area contributed by atoms with Crippen molar-refractivity contribution in [1.82, 2.24) is 10.6 Å². The van der Waals surface area contributed by atoms with E-state index in [2.05, 4.69) is 17.2 Å². The summed E-state index contributed by atoms with van der Waals surface area (Å²) in [6.07, 6.45) is 0.637. The molecule has 2 aliphatic heterocycles. The molecule has 1 saturated heterocycles. The molecule has 2 aromatic rings. The summed E-state index contributed by atoms with van der Waals surface area (Å²) in [4.78, 5) is 66.3. The second-order valence-electron chi connectivity index (χ2n) is 12.8. The number of rotatable bonds is 10. The van der Waals surface area contributed by atoms with Gasteiger partial charge in [0.15, 0.2) is 0 Å². The second kappa shape index (κ2) is 17.3. The molecule has 0 saturated carbocycles. The molecule has 1 fully saturated rings. The summed E-state index contributed by atoms with van der Waals surface area (Å²) >= 11 is 6.31. The fraction of sp³-hybridized carbons (Fsp3) is 0.432. The molecule has 2 N–H and O–H groups in total. The van der Waals surface area contributed by atoms with E-state index < -0.39 is 59.8 Å². The lowest BCUT2D eigenvalue weighted by Crippen LogP contribution is -2.51. The highest BCUT2D eigenvalue weighted by atomic mass is 35.5. The number of benzene rings is 2. The van der Waals surface area contributed by atoms with Crippen LogP contribution in [0.25, 0.3) is 0 Å². The Morgan fingerprint density at radius 1 is 1.12 bits per heavy atom. The minimum Gasteiger partial charge on any atom is -0.495 e. The maximum atomic E-state index is 13.6. The molecule has 2 heterocycles. The number of amides is 2. The van der Waals surface area contributed by atoms with Crippen molar-refractivity contribution in [3.05, 3.63) is 89.5 Å². The smallest absolute Gasteiger partial charge is 0.348 e. The average Bonchev–Trinajstić information content (AvgIpc) is 3.89. The van der Waals surface area contributed by atoms with Gasteiger partial charge in [0.2, 0.25) is 17.9 Å². The molecule has 0 bridgehead atoms. The number of ether oxygens (including phenoxy) is 5. The maximum absolute atomic E-state index is 13.6. The number of halogens is 1. The number of nitrogens with one attached hydrogen (secondary N) is 2. The predicted octanol–water partition coefficient (Wildman–Crippen LogP) is 4.20. The number of carbonyl (C=O) groups is 5. The van der Waals surface area contributed by atoms with Crippen LogP contribution in [0.4, 0.5) is 0 Å². The van der Waals surface area contributed by atoms with Gasteiger partial charge in [0, 0.05) is 25.3 Å². The van der Waals surface area contributed by atoms with E-state index in [1.54, 1.807) is 18.2 Å². The van der Waals surface area contributed by atoms with Crippen molar-refractivity contribution in [1.29, 1.82) is 0 Å². The van der Waals surface area contributed by atoms with Crippen LogP contribution in [0.3, 0.4) is 0 Å². The first-order chi connectivity index (χ1) is 23.8. The summed E-state index contributed by atoms with van der Waals surface area (Å²) in [6.45, 7) is 8.04. The Labute approximate surface area is 296 Å². The van der Waals surface area contributed by atoms with E-state index in [1.807, 2.05) is 37.3 Å². The van der Waals surface area contributed by atoms with Crippen LogP contribution in [0, 0.1) is 11.3 Å². The Morgan fingerprint density at radius 2 is 1.86 bits per heavy atom. The first-order valence-electron chi connectivity index (χ1n) is 16.3. The van der Waals surface area contributed by atoms with E-state index in [4.69, 9.17) is 35.3 Å². The summed E-state index contributed by atoms with van der Waals surface area (Å²) in [5.74, 6) is -3.71. The maximum Gasteiger partial charge on any atom is 0.348 e. The normalized spacial score (nSPS) is 25.5. The molecule has 268 valence electrons. The van der Waals surface area contributed by atoms with E-state index in [1.165, 1.54) is 39.2 Å². The molecule has 50 heavy (non-hydrogen) atoms. The van der Waals surface area contributed by atoms with E-state index in [-0.39, 0.29) is 44.1 Å². The molecule has 2 aliphatic rings. The first-order valence-corrected chi connectivity index (χ1v) is 16.7. The molecule has 2 amide bonds. The summed E-state index contributed by atoms with van der Waals surface area (Å²) in [5.41, 5.74) is 0.240. The minimum atomic E-state index is -1.65. The number of cyclic esters (lactones) is 2. The molecule has 4 rings (SSSR count). The van der Waals surface area contributed by atoms with Crippen molar-refractivity contribution in [2.75, 3.05) is 20.3 Å². The molecule has 0 radical (unpaired) electrons. The molecular weight excluding hydrogens is 668 g/mol. The van der Waals surface area contributed by atoms with Crippen LogP contribution in [0.2, 0.25) is 5.02 Å². The number of hydrogen-bond donors (Lipinski definition) is 2. The Hall–Kier alpha value is -4.68. The van der Waals surface area contributed by atoms with Crippen LogP contribution in [0.5, 0.6) is 5.75 Å². The van der Waals surface area contributed by atoms with Gasteiger partial charge in [-0.2, -0.15) is 0 Å². The quantitative estimate of drug-likeness (QED) is 0.158. The Balaban J connectivity index is 1.63. The lowest BCUT2D eigenvalue weighted by Gasteiger charge is -2.29. The van der Waals surface area contributed by atoms with E-state index >= 15 is 0 Å². The molecule has 6 atom stereocenters. The zero-order chi connectivity index (χ0) is 36.4. The van der Waals surface area contributed by atoms with Crippen LogP contribution in [0.1, 0.15) is 50.8 Å². The van der Waals surface area contributed by atoms with Crippen LogP contribution >= 0.6 is 11.6 Å². The van der Waals surface area contributed by atoms with E-state index in [9.17, 15) is 24.0 Å². The van der Waals surface area contributed by atoms with Crippen molar-refractivity contribution in [3.63, 3.8) is 0 Å². The number of methoxy groups -OCH3 is 1. The van der Waals surface area contributed by atoms with E-state index in [0.717, 1.165) is 5.56 Å². The third kappa shape index (κ3) is 10.4. The lowest BCUT2D eigenvalue weighted by molar-refractivity contribution is -0.180. The SMILES string of the molecule is C=CCOC(=O)C[C@@H]1OC(=O)C(C)(C)CNC(=O)[C@@H](Cc2ccc(OC)c(Cl)c2)NC(=O)/C=C/C[C@@H]([C@H](C)[C@H]2O[C@@H]2c2ccccc2)OC1=O. The van der Waals surface area contributed by atoms with Gasteiger partial charge in [-0.1, -0.05) is 73.7 Å². The van der Waals surface area contributed by atoms with Gasteiger partial charge < -0.3 is 34.3 Å². The third-order valence-electron chi connectivity index (χ3n) is 8.44. The Morgan fingerprint density at radius 3 is 2.54 bits per heavy atom. The molecule has 13 heteroatoms. The van der Waals surface area contributed by atoms with Gasteiger partial charge in [-0.3, -0.25) is 19.2 Å². The summed E-state index contributed by atoms with van der Waals surface area (Å²) in [5, 5.41) is 5.76. The minimum absolute atomic E-state index is 0.0692.